The van der Waals surface area contributed by atoms with Gasteiger partial charge in [0.05, 0.1) is 7.11 Å². The molecule has 0 amide bonds. The lowest BCUT2D eigenvalue weighted by Crippen LogP contribution is -2.38. The molecule has 0 unspecified atom stereocenters. The number of aryl methyl sites for hydroxylation is 1. The molecule has 1 aromatic heterocycles. The van der Waals surface area contributed by atoms with Crippen LogP contribution in [0.5, 0.6) is 5.75 Å². The Bertz CT molecular complexity index is 682. The molecule has 5 nitrogen and oxygen atoms in total. The molecular weight excluding hydrogens is 312 g/mol. The summed E-state index contributed by atoms with van der Waals surface area (Å²) in [5, 5.41) is 3.36. The number of nitrogens with one attached hydrogen (secondary N) is 1. The van der Waals surface area contributed by atoms with E-state index in [9.17, 15) is 0 Å². The highest BCUT2D eigenvalue weighted by Crippen LogP contribution is 2.12. The molecule has 2 aromatic rings. The first-order valence-corrected chi connectivity index (χ1v) is 8.66. The number of benzene rings is 1. The summed E-state index contributed by atoms with van der Waals surface area (Å²) in [5.74, 6) is 1.80. The zero-order valence-electron chi connectivity index (χ0n) is 15.6. The Hall–Kier alpha value is -2.56. The monoisotopic (exact) mass is 340 g/mol. The van der Waals surface area contributed by atoms with Gasteiger partial charge in [0.25, 0.3) is 0 Å². The number of nitrogens with zero attached hydrogens (tertiary/aromatic N) is 3. The third-order valence-electron chi connectivity index (χ3n) is 4.05. The zero-order chi connectivity index (χ0) is 18.1. The lowest BCUT2D eigenvalue weighted by atomic mass is 10.1. The second-order valence-electron chi connectivity index (χ2n) is 5.99. The number of ether oxygens (including phenoxy) is 1. The Balaban J connectivity index is 1.98. The fraction of sp³-hybridized carbons (Fsp3) is 0.400. The van der Waals surface area contributed by atoms with Gasteiger partial charge in [-0.05, 0) is 55.2 Å². The van der Waals surface area contributed by atoms with Crippen LogP contribution in [-0.2, 0) is 13.0 Å². The van der Waals surface area contributed by atoms with E-state index in [0.717, 1.165) is 37.8 Å². The van der Waals surface area contributed by atoms with Crippen LogP contribution in [0.15, 0.2) is 47.7 Å². The third-order valence-corrected chi connectivity index (χ3v) is 4.05. The van der Waals surface area contributed by atoms with Gasteiger partial charge in [0, 0.05) is 39.1 Å². The van der Waals surface area contributed by atoms with Crippen molar-refractivity contribution < 1.29 is 4.74 Å². The number of hydrogen-bond donors (Lipinski definition) is 1. The van der Waals surface area contributed by atoms with Gasteiger partial charge in [0.1, 0.15) is 5.75 Å². The minimum absolute atomic E-state index is 0.750. The molecule has 0 saturated heterocycles. The lowest BCUT2D eigenvalue weighted by Gasteiger charge is -2.22. The van der Waals surface area contributed by atoms with Crippen molar-refractivity contribution in [3.8, 4) is 5.75 Å². The smallest absolute Gasteiger partial charge is 0.193 e. The van der Waals surface area contributed by atoms with Crippen molar-refractivity contribution in [3.05, 3.63) is 59.4 Å². The summed E-state index contributed by atoms with van der Waals surface area (Å²) in [6, 6.07) is 10.2. The van der Waals surface area contributed by atoms with E-state index in [1.165, 1.54) is 16.7 Å². The van der Waals surface area contributed by atoms with Crippen molar-refractivity contribution in [1.29, 1.82) is 0 Å². The number of hydrogen-bond acceptors (Lipinski definition) is 3. The Labute approximate surface area is 150 Å². The van der Waals surface area contributed by atoms with Crippen LogP contribution in [0.2, 0.25) is 0 Å². The number of aromatic nitrogens is 1. The predicted molar refractivity (Wildman–Crippen MR) is 103 cm³/mol. The Kier molecular flexibility index (Phi) is 7.26. The van der Waals surface area contributed by atoms with Crippen LogP contribution in [0.3, 0.4) is 0 Å². The molecule has 2 rings (SSSR count). The van der Waals surface area contributed by atoms with Gasteiger partial charge in [-0.15, -0.1) is 0 Å². The Morgan fingerprint density at radius 1 is 1.24 bits per heavy atom. The van der Waals surface area contributed by atoms with Crippen LogP contribution >= 0.6 is 0 Å². The molecule has 0 spiro atoms. The van der Waals surface area contributed by atoms with Crippen molar-refractivity contribution >= 4 is 5.96 Å². The molecule has 5 heteroatoms. The van der Waals surface area contributed by atoms with Crippen LogP contribution in [-0.4, -0.2) is 43.1 Å². The summed E-state index contributed by atoms with van der Waals surface area (Å²) in [5.41, 5.74) is 3.74. The first-order valence-electron chi connectivity index (χ1n) is 8.66. The lowest BCUT2D eigenvalue weighted by molar-refractivity contribution is 0.414. The van der Waals surface area contributed by atoms with Gasteiger partial charge in [-0.3, -0.25) is 9.98 Å². The van der Waals surface area contributed by atoms with Gasteiger partial charge >= 0.3 is 0 Å². The molecule has 0 bridgehead atoms. The maximum absolute atomic E-state index is 5.21. The molecule has 1 N–H and O–H groups in total. The van der Waals surface area contributed by atoms with Crippen LogP contribution < -0.4 is 10.1 Å². The van der Waals surface area contributed by atoms with Gasteiger partial charge < -0.3 is 15.0 Å². The highest BCUT2D eigenvalue weighted by molar-refractivity contribution is 5.79. The van der Waals surface area contributed by atoms with E-state index in [0.29, 0.717) is 0 Å². The summed E-state index contributed by atoms with van der Waals surface area (Å²) in [6.07, 6.45) is 4.66. The highest BCUT2D eigenvalue weighted by atomic mass is 16.5. The average Bonchev–Trinajstić information content (AvgIpc) is 2.63. The molecule has 0 atom stereocenters. The topological polar surface area (TPSA) is 49.8 Å². The standard InChI is InChI=1S/C20H28N4O/c1-5-22-20(23-13-11-18-10-12-21-14-16(18)2)24(3)15-17-6-8-19(25-4)9-7-17/h6-10,12,14H,5,11,13,15H2,1-4H3,(H,22,23). The number of pyridine rings is 1. The van der Waals surface area contributed by atoms with Gasteiger partial charge in [0.15, 0.2) is 5.96 Å². The fourth-order valence-corrected chi connectivity index (χ4v) is 2.61. The Morgan fingerprint density at radius 2 is 2.00 bits per heavy atom. The van der Waals surface area contributed by atoms with Gasteiger partial charge in [-0.2, -0.15) is 0 Å². The minimum atomic E-state index is 0.750. The number of rotatable bonds is 7. The molecule has 1 heterocycles. The first-order chi connectivity index (χ1) is 12.1. The molecule has 134 valence electrons. The average molecular weight is 340 g/mol. The largest absolute Gasteiger partial charge is 0.497 e. The molecule has 0 saturated carbocycles. The van der Waals surface area contributed by atoms with Gasteiger partial charge in [-0.1, -0.05) is 12.1 Å². The van der Waals surface area contributed by atoms with Gasteiger partial charge in [0.2, 0.25) is 0 Å². The van der Waals surface area contributed by atoms with Crippen LogP contribution in [0, 0.1) is 6.92 Å². The van der Waals surface area contributed by atoms with Crippen molar-refractivity contribution in [3.63, 3.8) is 0 Å². The normalized spacial score (nSPS) is 11.3. The van der Waals surface area contributed by atoms with E-state index in [-0.39, 0.29) is 0 Å². The highest BCUT2D eigenvalue weighted by Gasteiger charge is 2.07. The van der Waals surface area contributed by atoms with Crippen molar-refractivity contribution in [1.82, 2.24) is 15.2 Å². The van der Waals surface area contributed by atoms with E-state index in [2.05, 4.69) is 54.3 Å². The van der Waals surface area contributed by atoms with Crippen molar-refractivity contribution in [2.45, 2.75) is 26.8 Å². The van der Waals surface area contributed by atoms with E-state index >= 15 is 0 Å². The number of guanidine groups is 1. The summed E-state index contributed by atoms with van der Waals surface area (Å²) >= 11 is 0. The summed E-state index contributed by atoms with van der Waals surface area (Å²) in [6.45, 7) is 6.57. The molecule has 0 radical (unpaired) electrons. The van der Waals surface area contributed by atoms with Crippen molar-refractivity contribution in [2.24, 2.45) is 4.99 Å². The molecule has 0 aliphatic rings. The van der Waals surface area contributed by atoms with Gasteiger partial charge in [-0.25, -0.2) is 0 Å². The third kappa shape index (κ3) is 5.78. The quantitative estimate of drug-likeness (QED) is 0.622. The van der Waals surface area contributed by atoms with Crippen molar-refractivity contribution in [2.75, 3.05) is 27.2 Å². The Morgan fingerprint density at radius 3 is 2.64 bits per heavy atom. The van der Waals surface area contributed by atoms with Crippen LogP contribution in [0.1, 0.15) is 23.6 Å². The molecule has 0 aliphatic heterocycles. The number of methoxy groups -OCH3 is 1. The molecule has 0 aliphatic carbocycles. The maximum atomic E-state index is 5.21. The second-order valence-corrected chi connectivity index (χ2v) is 5.99. The predicted octanol–water partition coefficient (Wildman–Crippen LogP) is 3.04. The van der Waals surface area contributed by atoms with E-state index in [1.807, 2.05) is 24.5 Å². The second kappa shape index (κ2) is 9.67. The summed E-state index contributed by atoms with van der Waals surface area (Å²) < 4.78 is 5.21. The zero-order valence-corrected chi connectivity index (χ0v) is 15.6. The summed E-state index contributed by atoms with van der Waals surface area (Å²) in [4.78, 5) is 11.0. The van der Waals surface area contributed by atoms with E-state index < -0.39 is 0 Å². The maximum Gasteiger partial charge on any atom is 0.193 e. The molecule has 1 aromatic carbocycles. The van der Waals surface area contributed by atoms with E-state index in [1.54, 1.807) is 7.11 Å². The molecule has 0 fully saturated rings. The summed E-state index contributed by atoms with van der Waals surface area (Å²) in [7, 11) is 3.74. The first kappa shape index (κ1) is 18.8. The van der Waals surface area contributed by atoms with Crippen LogP contribution in [0.4, 0.5) is 0 Å². The minimum Gasteiger partial charge on any atom is -0.497 e. The molecular formula is C20H28N4O. The van der Waals surface area contributed by atoms with Crippen LogP contribution in [0.25, 0.3) is 0 Å². The SMILES string of the molecule is CCNC(=NCCc1ccncc1C)N(C)Cc1ccc(OC)cc1. The van der Waals surface area contributed by atoms with E-state index in [4.69, 9.17) is 9.73 Å². The number of aliphatic imine (C=N–C) groups is 1. The fourth-order valence-electron chi connectivity index (χ4n) is 2.61. The molecule has 25 heavy (non-hydrogen) atoms.